The van der Waals surface area contributed by atoms with Crippen molar-refractivity contribution in [2.45, 2.75) is 37.8 Å². The van der Waals surface area contributed by atoms with E-state index in [0.717, 1.165) is 47.2 Å². The fraction of sp³-hybridized carbons (Fsp3) is 0.409. The molecule has 1 fully saturated rings. The minimum absolute atomic E-state index is 0.0920. The zero-order chi connectivity index (χ0) is 21.1. The van der Waals surface area contributed by atoms with Crippen molar-refractivity contribution in [1.29, 1.82) is 0 Å². The van der Waals surface area contributed by atoms with Crippen LogP contribution in [0.2, 0.25) is 0 Å². The third kappa shape index (κ3) is 4.60. The molecule has 0 radical (unpaired) electrons. The molecule has 2 aliphatic heterocycles. The molecule has 2 aliphatic rings. The largest absolute Gasteiger partial charge is 0.376 e. The van der Waals surface area contributed by atoms with Crippen LogP contribution in [0.25, 0.3) is 0 Å². The number of hydrogen-bond donors (Lipinski definition) is 2. The van der Waals surface area contributed by atoms with Gasteiger partial charge in [0.1, 0.15) is 5.03 Å². The van der Waals surface area contributed by atoms with Crippen LogP contribution in [0, 0.1) is 13.8 Å². The number of amides is 3. The number of rotatable bonds is 4. The maximum absolute atomic E-state index is 13.0. The molecule has 0 unspecified atom stereocenters. The molecule has 0 aliphatic carbocycles. The van der Waals surface area contributed by atoms with Crippen LogP contribution >= 0.6 is 11.8 Å². The molecule has 1 saturated heterocycles. The molecule has 1 aromatic heterocycles. The van der Waals surface area contributed by atoms with Gasteiger partial charge in [-0.25, -0.2) is 9.78 Å². The third-order valence-corrected chi connectivity index (χ3v) is 6.18. The maximum Gasteiger partial charge on any atom is 0.326 e. The van der Waals surface area contributed by atoms with Crippen LogP contribution in [0.3, 0.4) is 0 Å². The van der Waals surface area contributed by atoms with Gasteiger partial charge in [0.2, 0.25) is 0 Å². The highest BCUT2D eigenvalue weighted by atomic mass is 32.2. The van der Waals surface area contributed by atoms with E-state index in [1.54, 1.807) is 40.9 Å². The normalized spacial score (nSPS) is 18.1. The van der Waals surface area contributed by atoms with E-state index in [-0.39, 0.29) is 18.0 Å². The van der Waals surface area contributed by atoms with Crippen molar-refractivity contribution in [1.82, 2.24) is 10.3 Å². The van der Waals surface area contributed by atoms with Crippen LogP contribution in [0.4, 0.5) is 16.2 Å². The molecule has 1 atom stereocenters. The van der Waals surface area contributed by atoms with Crippen molar-refractivity contribution in [2.24, 2.45) is 0 Å². The van der Waals surface area contributed by atoms with E-state index in [9.17, 15) is 9.59 Å². The van der Waals surface area contributed by atoms with Gasteiger partial charge in [0.15, 0.2) is 0 Å². The first kappa shape index (κ1) is 20.7. The van der Waals surface area contributed by atoms with E-state index in [0.29, 0.717) is 24.3 Å². The molecule has 0 saturated carbocycles. The summed E-state index contributed by atoms with van der Waals surface area (Å²) in [6.45, 7) is 5.83. The second kappa shape index (κ2) is 9.06. The summed E-state index contributed by atoms with van der Waals surface area (Å²) in [6, 6.07) is 8.76. The highest BCUT2D eigenvalue weighted by molar-refractivity contribution is 7.99. The third-order valence-electron chi connectivity index (χ3n) is 5.24. The Morgan fingerprint density at radius 1 is 1.30 bits per heavy atom. The molecule has 4 rings (SSSR count). The van der Waals surface area contributed by atoms with E-state index < -0.39 is 0 Å². The Bertz CT molecular complexity index is 959. The quantitative estimate of drug-likeness (QED) is 0.778. The average molecular weight is 427 g/mol. The monoisotopic (exact) mass is 426 g/mol. The van der Waals surface area contributed by atoms with Crippen LogP contribution in [0.15, 0.2) is 35.4 Å². The predicted molar refractivity (Wildman–Crippen MR) is 119 cm³/mol. The Kier molecular flexibility index (Phi) is 6.24. The number of thioether (sulfide) groups is 1. The number of benzene rings is 1. The zero-order valence-corrected chi connectivity index (χ0v) is 18.1. The number of nitrogens with zero attached hydrogens (tertiary/aromatic N) is 2. The van der Waals surface area contributed by atoms with Crippen LogP contribution in [0.1, 0.15) is 34.5 Å². The van der Waals surface area contributed by atoms with Crippen LogP contribution in [-0.4, -0.2) is 48.5 Å². The lowest BCUT2D eigenvalue weighted by molar-refractivity contribution is 0.0858. The van der Waals surface area contributed by atoms with Gasteiger partial charge in [-0.2, -0.15) is 0 Å². The summed E-state index contributed by atoms with van der Waals surface area (Å²) in [6.07, 6.45) is 2.10. The lowest BCUT2D eigenvalue weighted by Gasteiger charge is -2.30. The summed E-state index contributed by atoms with van der Waals surface area (Å²) >= 11 is 1.67. The summed E-state index contributed by atoms with van der Waals surface area (Å²) in [7, 11) is 0. The molecule has 0 bridgehead atoms. The van der Waals surface area contributed by atoms with Crippen LogP contribution in [-0.2, 0) is 4.74 Å². The second-order valence-electron chi connectivity index (χ2n) is 7.59. The number of aromatic nitrogens is 1. The smallest absolute Gasteiger partial charge is 0.326 e. The molecule has 8 heteroatoms. The number of aryl methyl sites for hydroxylation is 2. The van der Waals surface area contributed by atoms with Crippen molar-refractivity contribution in [3.63, 3.8) is 0 Å². The minimum Gasteiger partial charge on any atom is -0.376 e. The molecule has 158 valence electrons. The van der Waals surface area contributed by atoms with E-state index in [1.165, 1.54) is 0 Å². The summed E-state index contributed by atoms with van der Waals surface area (Å²) in [5.41, 5.74) is 3.93. The average Bonchev–Trinajstić information content (AvgIpc) is 3.25. The van der Waals surface area contributed by atoms with Gasteiger partial charge in [-0.3, -0.25) is 9.69 Å². The molecule has 3 amide bonds. The minimum atomic E-state index is -0.220. The van der Waals surface area contributed by atoms with Crippen molar-refractivity contribution in [3.05, 3.63) is 47.2 Å². The number of carbonyl (C=O) groups excluding carboxylic acids is 2. The summed E-state index contributed by atoms with van der Waals surface area (Å²) in [5.74, 6) is 0.624. The molecule has 2 aromatic rings. The van der Waals surface area contributed by atoms with Crippen molar-refractivity contribution in [2.75, 3.05) is 35.7 Å². The number of pyridine rings is 1. The fourth-order valence-corrected chi connectivity index (χ4v) is 4.90. The van der Waals surface area contributed by atoms with Gasteiger partial charge in [-0.15, -0.1) is 11.8 Å². The first-order chi connectivity index (χ1) is 14.5. The van der Waals surface area contributed by atoms with Crippen molar-refractivity contribution in [3.8, 4) is 0 Å². The van der Waals surface area contributed by atoms with Crippen LogP contribution < -0.4 is 15.5 Å². The molecule has 3 heterocycles. The number of anilines is 2. The Balaban J connectivity index is 1.44. The van der Waals surface area contributed by atoms with Gasteiger partial charge in [-0.05, 0) is 56.5 Å². The van der Waals surface area contributed by atoms with Crippen molar-refractivity contribution >= 4 is 35.1 Å². The zero-order valence-electron chi connectivity index (χ0n) is 17.2. The van der Waals surface area contributed by atoms with Gasteiger partial charge in [0, 0.05) is 42.4 Å². The van der Waals surface area contributed by atoms with E-state index in [1.807, 2.05) is 19.9 Å². The predicted octanol–water partition coefficient (Wildman–Crippen LogP) is 3.75. The van der Waals surface area contributed by atoms with E-state index in [4.69, 9.17) is 4.74 Å². The lowest BCUT2D eigenvalue weighted by Crippen LogP contribution is -2.39. The fourth-order valence-electron chi connectivity index (χ4n) is 3.82. The summed E-state index contributed by atoms with van der Waals surface area (Å²) in [4.78, 5) is 31.8. The Hall–Kier alpha value is -2.58. The Morgan fingerprint density at radius 3 is 2.97 bits per heavy atom. The SMILES string of the molecule is Cc1cc(C)c2c(n1)SCCN2C(=O)Nc1cccc(C(=O)NC[C@H]2CCCO2)c1. The molecule has 2 N–H and O–H groups in total. The number of fused-ring (bicyclic) bond motifs is 1. The van der Waals surface area contributed by atoms with Gasteiger partial charge in [0.25, 0.3) is 5.91 Å². The van der Waals surface area contributed by atoms with Gasteiger partial charge in [-0.1, -0.05) is 6.07 Å². The second-order valence-corrected chi connectivity index (χ2v) is 8.67. The molecule has 1 aromatic carbocycles. The first-order valence-corrected chi connectivity index (χ1v) is 11.2. The number of nitrogens with one attached hydrogen (secondary N) is 2. The standard InChI is InChI=1S/C22H26N4O3S/c1-14-11-15(2)24-21-19(14)26(8-10-30-21)22(28)25-17-6-3-5-16(12-17)20(27)23-13-18-7-4-9-29-18/h3,5-6,11-12,18H,4,7-10,13H2,1-2H3,(H,23,27)(H,25,28)/t18-/m1/s1. The highest BCUT2D eigenvalue weighted by Crippen LogP contribution is 2.36. The molecule has 7 nitrogen and oxygen atoms in total. The molecule has 0 spiro atoms. The molecule has 30 heavy (non-hydrogen) atoms. The van der Waals surface area contributed by atoms with Gasteiger partial charge >= 0.3 is 6.03 Å². The topological polar surface area (TPSA) is 83.6 Å². The highest BCUT2D eigenvalue weighted by Gasteiger charge is 2.26. The first-order valence-electron chi connectivity index (χ1n) is 10.2. The van der Waals surface area contributed by atoms with Crippen LogP contribution in [0.5, 0.6) is 0 Å². The summed E-state index contributed by atoms with van der Waals surface area (Å²) < 4.78 is 5.54. The molecular weight excluding hydrogens is 400 g/mol. The Labute approximate surface area is 180 Å². The lowest BCUT2D eigenvalue weighted by atomic mass is 10.1. The van der Waals surface area contributed by atoms with Crippen molar-refractivity contribution < 1.29 is 14.3 Å². The van der Waals surface area contributed by atoms with E-state index in [2.05, 4.69) is 15.6 Å². The molecular formula is C22H26N4O3S. The number of carbonyl (C=O) groups is 2. The summed E-state index contributed by atoms with van der Waals surface area (Å²) in [5, 5.41) is 6.73. The Morgan fingerprint density at radius 2 is 2.17 bits per heavy atom. The van der Waals surface area contributed by atoms with E-state index >= 15 is 0 Å². The number of ether oxygens (including phenoxy) is 1. The van der Waals surface area contributed by atoms with Gasteiger partial charge < -0.3 is 15.4 Å². The number of hydrogen-bond acceptors (Lipinski definition) is 5. The van der Waals surface area contributed by atoms with Gasteiger partial charge in [0.05, 0.1) is 11.8 Å². The maximum atomic E-state index is 13.0. The number of urea groups is 1.